The summed E-state index contributed by atoms with van der Waals surface area (Å²) in [4.78, 5) is 28.6. The summed E-state index contributed by atoms with van der Waals surface area (Å²) in [5.41, 5.74) is 2.69. The molecule has 3 atom stereocenters. The molecule has 3 aromatic rings. The van der Waals surface area contributed by atoms with E-state index in [0.29, 0.717) is 31.2 Å². The number of anilines is 1. The first-order valence-corrected chi connectivity index (χ1v) is 13.6. The van der Waals surface area contributed by atoms with Gasteiger partial charge in [0, 0.05) is 44.6 Å². The number of benzene rings is 2. The van der Waals surface area contributed by atoms with Gasteiger partial charge in [-0.2, -0.15) is 0 Å². The number of carbonyl (C=O) groups is 1. The van der Waals surface area contributed by atoms with Gasteiger partial charge in [-0.25, -0.2) is 33.4 Å². The highest BCUT2D eigenvalue weighted by Gasteiger charge is 2.57. The Balaban J connectivity index is 1.02. The monoisotopic (exact) mass is 509 g/mol. The van der Waals surface area contributed by atoms with Gasteiger partial charge in [0.25, 0.3) is 5.91 Å². The molecule has 3 fully saturated rings. The zero-order valence-corrected chi connectivity index (χ0v) is 20.4. The van der Waals surface area contributed by atoms with Crippen molar-refractivity contribution in [2.45, 2.75) is 36.5 Å². The second-order valence-electron chi connectivity index (χ2n) is 9.51. The fourth-order valence-electron chi connectivity index (χ4n) is 5.03. The van der Waals surface area contributed by atoms with Crippen LogP contribution in [0.25, 0.3) is 10.8 Å². The van der Waals surface area contributed by atoms with Crippen LogP contribution in [-0.2, 0) is 19.6 Å². The maximum absolute atomic E-state index is 13.0. The van der Waals surface area contributed by atoms with Crippen LogP contribution in [0.15, 0.2) is 59.8 Å². The Morgan fingerprint density at radius 1 is 1.03 bits per heavy atom. The number of nitrogens with zero attached hydrogens (tertiary/aromatic N) is 3. The van der Waals surface area contributed by atoms with Gasteiger partial charge in [0.1, 0.15) is 0 Å². The van der Waals surface area contributed by atoms with Crippen molar-refractivity contribution in [3.63, 3.8) is 0 Å². The first-order valence-electron chi connectivity index (χ1n) is 12.1. The average Bonchev–Trinajstić information content (AvgIpc) is 3.32. The zero-order chi connectivity index (χ0) is 24.7. The quantitative estimate of drug-likeness (QED) is 0.465. The molecule has 11 heteroatoms. The molecule has 2 saturated heterocycles. The molecule has 1 aliphatic carbocycles. The lowest BCUT2D eigenvalue weighted by molar-refractivity contribution is -0.186. The molecule has 0 spiro atoms. The van der Waals surface area contributed by atoms with Gasteiger partial charge in [0.2, 0.25) is 16.0 Å². The summed E-state index contributed by atoms with van der Waals surface area (Å²) >= 11 is 0. The number of carbonyl (C=O) groups excluding carboxylic acids is 1. The van der Waals surface area contributed by atoms with Crippen molar-refractivity contribution in [1.29, 1.82) is 0 Å². The van der Waals surface area contributed by atoms with Crippen LogP contribution < -0.4 is 15.1 Å². The van der Waals surface area contributed by atoms with E-state index >= 15 is 0 Å². The van der Waals surface area contributed by atoms with Crippen LogP contribution in [-0.4, -0.2) is 56.3 Å². The predicted molar refractivity (Wildman–Crippen MR) is 131 cm³/mol. The largest absolute Gasteiger partial charge is 0.350 e. The van der Waals surface area contributed by atoms with Gasteiger partial charge in [-0.3, -0.25) is 4.79 Å². The van der Waals surface area contributed by atoms with Gasteiger partial charge < -0.3 is 9.64 Å². The number of aromatic nitrogens is 2. The normalized spacial score (nSPS) is 25.5. The van der Waals surface area contributed by atoms with Crippen LogP contribution >= 0.6 is 0 Å². The summed E-state index contributed by atoms with van der Waals surface area (Å²) in [6.45, 7) is 1.94. The molecule has 1 saturated carbocycles. The number of amides is 1. The van der Waals surface area contributed by atoms with Gasteiger partial charge in [0.15, 0.2) is 6.29 Å². The molecule has 1 amide bonds. The summed E-state index contributed by atoms with van der Waals surface area (Å²) in [5.74, 6) is 0.501. The standard InChI is InChI=1S/C25H27N5O5S/c31-24(28-35-22-7-3-4-10-34-22)18-12-26-25(27-13-18)30-14-20-21(15-30)23(20)29-36(32,33)19-9-8-16-5-1-2-6-17(16)11-19/h1-2,5-6,8-9,11-13,20-23,29H,3-4,7,10,14-15H2,(H,28,31). The number of fused-ring (bicyclic) bond motifs is 2. The third-order valence-electron chi connectivity index (χ3n) is 7.12. The van der Waals surface area contributed by atoms with Crippen LogP contribution in [0.5, 0.6) is 0 Å². The van der Waals surface area contributed by atoms with Crippen LogP contribution in [0.2, 0.25) is 0 Å². The molecule has 2 aliphatic heterocycles. The summed E-state index contributed by atoms with van der Waals surface area (Å²) in [6.07, 6.45) is 5.25. The summed E-state index contributed by atoms with van der Waals surface area (Å²) in [5, 5.41) is 1.90. The number of piperidine rings is 1. The maximum atomic E-state index is 13.0. The zero-order valence-electron chi connectivity index (χ0n) is 19.5. The van der Waals surface area contributed by atoms with Crippen molar-refractivity contribution < 1.29 is 22.8 Å². The van der Waals surface area contributed by atoms with Gasteiger partial charge in [0.05, 0.1) is 10.5 Å². The second kappa shape index (κ2) is 9.40. The Bertz CT molecular complexity index is 1370. The Hall–Kier alpha value is -3.12. The number of ether oxygens (including phenoxy) is 1. The van der Waals surface area contributed by atoms with Gasteiger partial charge in [-0.15, -0.1) is 0 Å². The molecule has 6 rings (SSSR count). The third-order valence-corrected chi connectivity index (χ3v) is 8.58. The first-order chi connectivity index (χ1) is 17.5. The molecule has 3 unspecified atom stereocenters. The first kappa shape index (κ1) is 23.3. The van der Waals surface area contributed by atoms with Crippen LogP contribution in [0.4, 0.5) is 5.95 Å². The highest BCUT2D eigenvalue weighted by atomic mass is 32.2. The Morgan fingerprint density at radius 2 is 1.78 bits per heavy atom. The van der Waals surface area contributed by atoms with Gasteiger partial charge in [-0.05, 0) is 47.6 Å². The maximum Gasteiger partial charge on any atom is 0.278 e. The number of rotatable bonds is 7. The second-order valence-corrected chi connectivity index (χ2v) is 11.2. The van der Waals surface area contributed by atoms with E-state index in [2.05, 4.69) is 20.2 Å². The minimum atomic E-state index is -3.61. The Kier molecular flexibility index (Phi) is 6.08. The fraction of sp³-hybridized carbons (Fsp3) is 0.400. The molecular formula is C25H27N5O5S. The lowest BCUT2D eigenvalue weighted by atomic mass is 10.1. The van der Waals surface area contributed by atoms with E-state index in [1.165, 1.54) is 12.4 Å². The predicted octanol–water partition coefficient (Wildman–Crippen LogP) is 2.23. The number of sulfonamides is 1. The smallest absolute Gasteiger partial charge is 0.278 e. The summed E-state index contributed by atoms with van der Waals surface area (Å²) in [6, 6.07) is 12.8. The molecule has 0 radical (unpaired) electrons. The number of hydrogen-bond donors (Lipinski definition) is 2. The molecule has 2 N–H and O–H groups in total. The van der Waals surface area contributed by atoms with Crippen molar-refractivity contribution in [3.05, 3.63) is 60.4 Å². The van der Waals surface area contributed by atoms with Gasteiger partial charge in [-0.1, -0.05) is 30.3 Å². The molecule has 3 heterocycles. The highest BCUT2D eigenvalue weighted by Crippen LogP contribution is 2.46. The van der Waals surface area contributed by atoms with Crippen LogP contribution in [0.3, 0.4) is 0 Å². The minimum Gasteiger partial charge on any atom is -0.350 e. The van der Waals surface area contributed by atoms with Crippen LogP contribution in [0, 0.1) is 11.8 Å². The SMILES string of the molecule is O=C(NOC1CCCCO1)c1cnc(N2CC3C(C2)C3NS(=O)(=O)c2ccc3ccccc3c2)nc1. The molecular weight excluding hydrogens is 482 g/mol. The molecule has 188 valence electrons. The lowest BCUT2D eigenvalue weighted by Crippen LogP contribution is -2.35. The van der Waals surface area contributed by atoms with Gasteiger partial charge >= 0.3 is 0 Å². The Morgan fingerprint density at radius 3 is 2.50 bits per heavy atom. The van der Waals surface area contributed by atoms with E-state index < -0.39 is 22.2 Å². The highest BCUT2D eigenvalue weighted by molar-refractivity contribution is 7.89. The molecule has 1 aromatic heterocycles. The third kappa shape index (κ3) is 4.66. The number of hydrogen-bond acceptors (Lipinski definition) is 8. The molecule has 0 bridgehead atoms. The summed E-state index contributed by atoms with van der Waals surface area (Å²) < 4.78 is 34.2. The van der Waals surface area contributed by atoms with Crippen molar-refractivity contribution in [1.82, 2.24) is 20.2 Å². The van der Waals surface area contributed by atoms with E-state index in [4.69, 9.17) is 9.57 Å². The molecule has 2 aromatic carbocycles. The van der Waals surface area contributed by atoms with Crippen LogP contribution in [0.1, 0.15) is 29.6 Å². The lowest BCUT2D eigenvalue weighted by Gasteiger charge is -2.22. The van der Waals surface area contributed by atoms with E-state index in [0.717, 1.165) is 30.0 Å². The molecule has 3 aliphatic rings. The topological polar surface area (TPSA) is 123 Å². The summed E-state index contributed by atoms with van der Waals surface area (Å²) in [7, 11) is -3.61. The van der Waals surface area contributed by atoms with E-state index in [-0.39, 0.29) is 22.8 Å². The molecule has 10 nitrogen and oxygen atoms in total. The van der Waals surface area contributed by atoms with E-state index in [1.807, 2.05) is 35.2 Å². The van der Waals surface area contributed by atoms with Crippen molar-refractivity contribution >= 4 is 32.7 Å². The number of nitrogens with one attached hydrogen (secondary N) is 2. The van der Waals surface area contributed by atoms with Crippen molar-refractivity contribution in [2.24, 2.45) is 11.8 Å². The van der Waals surface area contributed by atoms with Crippen molar-refractivity contribution in [3.8, 4) is 0 Å². The molecule has 36 heavy (non-hydrogen) atoms. The Labute approximate surface area is 209 Å². The average molecular weight is 510 g/mol. The minimum absolute atomic E-state index is 0.0954. The van der Waals surface area contributed by atoms with E-state index in [1.54, 1.807) is 12.1 Å². The fourth-order valence-corrected chi connectivity index (χ4v) is 6.40. The van der Waals surface area contributed by atoms with Crippen molar-refractivity contribution in [2.75, 3.05) is 24.6 Å². The number of hydroxylamine groups is 1. The van der Waals surface area contributed by atoms with E-state index in [9.17, 15) is 13.2 Å².